The minimum absolute atomic E-state index is 0.669. The molecule has 98 valence electrons. The Bertz CT molecular complexity index is 634. The summed E-state index contributed by atoms with van der Waals surface area (Å²) < 4.78 is 5.57. The molecular weight excluding hydrogens is 238 g/mol. The molecule has 2 aromatic rings. The smallest absolute Gasteiger partial charge is 0.136 e. The van der Waals surface area contributed by atoms with E-state index in [4.69, 9.17) is 4.74 Å². The minimum atomic E-state index is -0.702. The first kappa shape index (κ1) is 12.2. The Labute approximate surface area is 112 Å². The Hall–Kier alpha value is -1.87. The van der Waals surface area contributed by atoms with Crippen molar-refractivity contribution in [3.63, 3.8) is 0 Å². The topological polar surface area (TPSA) is 42.4 Å². The Kier molecular flexibility index (Phi) is 3.22. The van der Waals surface area contributed by atoms with Crippen LogP contribution in [0.25, 0.3) is 10.9 Å². The lowest BCUT2D eigenvalue weighted by Gasteiger charge is -2.21. The molecule has 2 heterocycles. The number of benzene rings is 1. The van der Waals surface area contributed by atoms with Gasteiger partial charge in [-0.3, -0.25) is 4.98 Å². The van der Waals surface area contributed by atoms with Crippen LogP contribution in [0, 0.1) is 6.92 Å². The third-order valence-corrected chi connectivity index (χ3v) is 3.40. The highest BCUT2D eigenvalue weighted by Gasteiger charge is 2.19. The summed E-state index contributed by atoms with van der Waals surface area (Å²) in [5.41, 5.74) is 2.69. The Morgan fingerprint density at radius 3 is 2.95 bits per heavy atom. The van der Waals surface area contributed by atoms with Gasteiger partial charge in [-0.2, -0.15) is 0 Å². The Balaban J connectivity index is 2.10. The summed E-state index contributed by atoms with van der Waals surface area (Å²) in [6.07, 6.45) is 3.27. The third-order valence-electron chi connectivity index (χ3n) is 3.40. The first-order valence-corrected chi connectivity index (χ1v) is 6.63. The highest BCUT2D eigenvalue weighted by Crippen LogP contribution is 2.31. The van der Waals surface area contributed by atoms with Crippen LogP contribution in [0.5, 0.6) is 0 Å². The van der Waals surface area contributed by atoms with Crippen LogP contribution in [0.1, 0.15) is 30.2 Å². The van der Waals surface area contributed by atoms with Crippen molar-refractivity contribution in [1.29, 1.82) is 0 Å². The van der Waals surface area contributed by atoms with Crippen molar-refractivity contribution in [2.45, 2.75) is 25.9 Å². The van der Waals surface area contributed by atoms with Crippen LogP contribution in [0.4, 0.5) is 0 Å². The summed E-state index contributed by atoms with van der Waals surface area (Å²) in [4.78, 5) is 4.49. The zero-order valence-electron chi connectivity index (χ0n) is 11.0. The molecule has 0 spiro atoms. The normalized spacial score (nSPS) is 16.8. The van der Waals surface area contributed by atoms with Crippen LogP contribution >= 0.6 is 0 Å². The van der Waals surface area contributed by atoms with Crippen molar-refractivity contribution in [3.05, 3.63) is 53.4 Å². The van der Waals surface area contributed by atoms with Crippen molar-refractivity contribution >= 4 is 10.9 Å². The number of allylic oxidation sites excluding steroid dienone is 1. The minimum Gasteiger partial charge on any atom is -0.495 e. The lowest BCUT2D eigenvalue weighted by atomic mass is 10.0. The van der Waals surface area contributed by atoms with Gasteiger partial charge in [0.2, 0.25) is 0 Å². The highest BCUT2D eigenvalue weighted by atomic mass is 16.5. The predicted molar refractivity (Wildman–Crippen MR) is 74.7 cm³/mol. The number of nitrogens with zero attached hydrogens (tertiary/aromatic N) is 1. The maximum absolute atomic E-state index is 10.5. The number of para-hydroxylation sites is 1. The van der Waals surface area contributed by atoms with Gasteiger partial charge in [-0.05, 0) is 43.5 Å². The molecule has 0 saturated carbocycles. The van der Waals surface area contributed by atoms with Crippen molar-refractivity contribution in [2.24, 2.45) is 0 Å². The van der Waals surface area contributed by atoms with Gasteiger partial charge >= 0.3 is 0 Å². The number of hydrogen-bond acceptors (Lipinski definition) is 3. The summed E-state index contributed by atoms with van der Waals surface area (Å²) in [5.74, 6) is 0.669. The van der Waals surface area contributed by atoms with E-state index < -0.39 is 6.10 Å². The van der Waals surface area contributed by atoms with Crippen LogP contribution in [-0.2, 0) is 4.74 Å². The average molecular weight is 255 g/mol. The van der Waals surface area contributed by atoms with Crippen molar-refractivity contribution in [2.75, 3.05) is 6.61 Å². The van der Waals surface area contributed by atoms with Crippen LogP contribution in [-0.4, -0.2) is 16.7 Å². The van der Waals surface area contributed by atoms with Crippen LogP contribution < -0.4 is 0 Å². The standard InChI is InChI=1S/C16H17NO2/c1-11-10-13(12-6-2-3-7-14(12)17-11)16(18)15-8-4-5-9-19-15/h2-3,6-8,10,16,18H,4-5,9H2,1H3. The second kappa shape index (κ2) is 5.02. The van der Waals surface area contributed by atoms with E-state index in [1.165, 1.54) is 0 Å². The second-order valence-corrected chi connectivity index (χ2v) is 4.87. The van der Waals surface area contributed by atoms with E-state index in [2.05, 4.69) is 4.98 Å². The summed E-state index contributed by atoms with van der Waals surface area (Å²) in [7, 11) is 0. The molecule has 1 unspecified atom stereocenters. The van der Waals surface area contributed by atoms with Crippen molar-refractivity contribution < 1.29 is 9.84 Å². The van der Waals surface area contributed by atoms with Gasteiger partial charge in [-0.1, -0.05) is 18.2 Å². The summed E-state index contributed by atoms with van der Waals surface area (Å²) in [6.45, 7) is 2.63. The van der Waals surface area contributed by atoms with Crippen molar-refractivity contribution in [1.82, 2.24) is 4.98 Å². The number of aliphatic hydroxyl groups excluding tert-OH is 1. The molecule has 3 heteroatoms. The molecule has 0 radical (unpaired) electrons. The molecule has 1 aliphatic heterocycles. The predicted octanol–water partition coefficient (Wildman–Crippen LogP) is 3.27. The average Bonchev–Trinajstić information content (AvgIpc) is 2.46. The van der Waals surface area contributed by atoms with Crippen LogP contribution in [0.15, 0.2) is 42.2 Å². The van der Waals surface area contributed by atoms with Gasteiger partial charge in [0.15, 0.2) is 0 Å². The highest BCUT2D eigenvalue weighted by molar-refractivity contribution is 5.83. The van der Waals surface area contributed by atoms with Gasteiger partial charge in [-0.15, -0.1) is 0 Å². The molecule has 0 saturated heterocycles. The second-order valence-electron chi connectivity index (χ2n) is 4.87. The van der Waals surface area contributed by atoms with E-state index in [9.17, 15) is 5.11 Å². The number of ether oxygens (including phenoxy) is 1. The number of rotatable bonds is 2. The molecule has 0 bridgehead atoms. The first-order valence-electron chi connectivity index (χ1n) is 6.63. The molecule has 1 N–H and O–H groups in total. The molecule has 1 atom stereocenters. The third kappa shape index (κ3) is 2.34. The maximum Gasteiger partial charge on any atom is 0.136 e. The van der Waals surface area contributed by atoms with Gasteiger partial charge in [0.05, 0.1) is 12.1 Å². The molecule has 3 rings (SSSR count). The number of aryl methyl sites for hydroxylation is 1. The number of fused-ring (bicyclic) bond motifs is 1. The van der Waals surface area contributed by atoms with E-state index in [1.54, 1.807) is 0 Å². The first-order chi connectivity index (χ1) is 9.25. The van der Waals surface area contributed by atoms with Gasteiger partial charge in [-0.25, -0.2) is 0 Å². The van der Waals surface area contributed by atoms with Crippen molar-refractivity contribution in [3.8, 4) is 0 Å². The fraction of sp³-hybridized carbons (Fsp3) is 0.312. The number of aliphatic hydroxyl groups is 1. The molecule has 19 heavy (non-hydrogen) atoms. The zero-order valence-corrected chi connectivity index (χ0v) is 11.0. The summed E-state index contributed by atoms with van der Waals surface area (Å²) in [6, 6.07) is 9.82. The van der Waals surface area contributed by atoms with E-state index >= 15 is 0 Å². The number of pyridine rings is 1. The summed E-state index contributed by atoms with van der Waals surface area (Å²) >= 11 is 0. The fourth-order valence-electron chi connectivity index (χ4n) is 2.49. The molecule has 0 amide bonds. The summed E-state index contributed by atoms with van der Waals surface area (Å²) in [5, 5.41) is 11.5. The lowest BCUT2D eigenvalue weighted by Crippen LogP contribution is -2.10. The van der Waals surface area contributed by atoms with Gasteiger partial charge in [0.1, 0.15) is 11.9 Å². The van der Waals surface area contributed by atoms with E-state index in [-0.39, 0.29) is 0 Å². The molecule has 3 nitrogen and oxygen atoms in total. The Morgan fingerprint density at radius 2 is 2.16 bits per heavy atom. The van der Waals surface area contributed by atoms with Gasteiger partial charge in [0, 0.05) is 11.1 Å². The van der Waals surface area contributed by atoms with E-state index in [1.807, 2.05) is 43.3 Å². The molecular formula is C16H17NO2. The van der Waals surface area contributed by atoms with Gasteiger partial charge < -0.3 is 9.84 Å². The quantitative estimate of drug-likeness (QED) is 0.895. The van der Waals surface area contributed by atoms with Gasteiger partial charge in [0.25, 0.3) is 0 Å². The molecule has 1 aliphatic rings. The molecule has 1 aromatic carbocycles. The Morgan fingerprint density at radius 1 is 1.32 bits per heavy atom. The fourth-order valence-corrected chi connectivity index (χ4v) is 2.49. The molecule has 1 aromatic heterocycles. The van der Waals surface area contributed by atoms with Crippen LogP contribution in [0.2, 0.25) is 0 Å². The molecule has 0 aliphatic carbocycles. The largest absolute Gasteiger partial charge is 0.495 e. The van der Waals surface area contributed by atoms with Crippen LogP contribution in [0.3, 0.4) is 0 Å². The zero-order chi connectivity index (χ0) is 13.2. The number of aromatic nitrogens is 1. The van der Waals surface area contributed by atoms with E-state index in [0.717, 1.165) is 35.0 Å². The number of hydrogen-bond donors (Lipinski definition) is 1. The lowest BCUT2D eigenvalue weighted by molar-refractivity contribution is 0.0925. The molecule has 0 fully saturated rings. The monoisotopic (exact) mass is 255 g/mol. The SMILES string of the molecule is Cc1cc(C(O)C2=CCCCO2)c2ccccc2n1. The maximum atomic E-state index is 10.5. The van der Waals surface area contributed by atoms with E-state index in [0.29, 0.717) is 12.4 Å².